The first-order valence-corrected chi connectivity index (χ1v) is 12.0. The van der Waals surface area contributed by atoms with Crippen LogP contribution in [0, 0.1) is 12.7 Å². The Morgan fingerprint density at radius 3 is 2.27 bits per heavy atom. The van der Waals surface area contributed by atoms with Crippen molar-refractivity contribution < 1.29 is 14.0 Å². The zero-order chi connectivity index (χ0) is 23.6. The van der Waals surface area contributed by atoms with E-state index in [0.29, 0.717) is 17.7 Å². The first-order valence-electron chi connectivity index (χ1n) is 10.9. The van der Waals surface area contributed by atoms with Crippen molar-refractivity contribution in [3.05, 3.63) is 107 Å². The molecule has 0 aromatic heterocycles. The van der Waals surface area contributed by atoms with Crippen LogP contribution in [0.2, 0.25) is 0 Å². The summed E-state index contributed by atoms with van der Waals surface area (Å²) in [5, 5.41) is 2.67. The minimum absolute atomic E-state index is 0.0293. The van der Waals surface area contributed by atoms with Crippen LogP contribution < -0.4 is 5.32 Å². The van der Waals surface area contributed by atoms with Crippen LogP contribution in [0.4, 0.5) is 4.39 Å². The minimum Gasteiger partial charge on any atom is -0.357 e. The van der Waals surface area contributed by atoms with Gasteiger partial charge in [0.25, 0.3) is 0 Å². The molecule has 0 aliphatic carbocycles. The molecular weight excluding hydrogens is 435 g/mol. The molecule has 1 N–H and O–H groups in total. The largest absolute Gasteiger partial charge is 0.357 e. The van der Waals surface area contributed by atoms with Crippen LogP contribution in [-0.4, -0.2) is 35.6 Å². The number of halogens is 1. The Hall–Kier alpha value is -3.12. The fourth-order valence-corrected chi connectivity index (χ4v) is 4.42. The Balaban J connectivity index is 1.81. The molecule has 0 radical (unpaired) electrons. The molecule has 3 rings (SSSR count). The number of thioether (sulfide) groups is 1. The highest BCUT2D eigenvalue weighted by Crippen LogP contribution is 2.19. The van der Waals surface area contributed by atoms with Crippen molar-refractivity contribution in [1.82, 2.24) is 10.2 Å². The lowest BCUT2D eigenvalue weighted by Crippen LogP contribution is -2.50. The van der Waals surface area contributed by atoms with Gasteiger partial charge in [-0.15, -0.1) is 11.8 Å². The number of hydrogen-bond acceptors (Lipinski definition) is 3. The zero-order valence-corrected chi connectivity index (χ0v) is 19.8. The smallest absolute Gasteiger partial charge is 0.242 e. The van der Waals surface area contributed by atoms with E-state index in [-0.39, 0.29) is 24.1 Å². The monoisotopic (exact) mass is 464 g/mol. The number of likely N-dealkylation sites (N-methyl/N-ethyl adjacent to an activating group) is 1. The van der Waals surface area contributed by atoms with E-state index in [1.54, 1.807) is 25.2 Å². The summed E-state index contributed by atoms with van der Waals surface area (Å²) in [5.41, 5.74) is 3.64. The summed E-state index contributed by atoms with van der Waals surface area (Å²) in [4.78, 5) is 27.7. The van der Waals surface area contributed by atoms with Gasteiger partial charge in [-0.25, -0.2) is 4.39 Å². The van der Waals surface area contributed by atoms with Crippen molar-refractivity contribution in [2.24, 2.45) is 0 Å². The predicted molar refractivity (Wildman–Crippen MR) is 132 cm³/mol. The Labute approximate surface area is 199 Å². The van der Waals surface area contributed by atoms with Crippen molar-refractivity contribution in [3.63, 3.8) is 0 Å². The predicted octanol–water partition coefficient (Wildman–Crippen LogP) is 4.75. The molecule has 0 aliphatic heterocycles. The lowest BCUT2D eigenvalue weighted by atomic mass is 10.0. The first kappa shape index (κ1) is 24.5. The molecule has 0 spiro atoms. The number of nitrogens with one attached hydrogen (secondary N) is 1. The molecule has 172 valence electrons. The summed E-state index contributed by atoms with van der Waals surface area (Å²) < 4.78 is 14.4. The summed E-state index contributed by atoms with van der Waals surface area (Å²) in [7, 11) is 1.55. The lowest BCUT2D eigenvalue weighted by molar-refractivity contribution is -0.139. The molecule has 1 unspecified atom stereocenters. The van der Waals surface area contributed by atoms with E-state index >= 15 is 0 Å². The third-order valence-corrected chi connectivity index (χ3v) is 6.42. The molecule has 3 aromatic rings. The molecule has 0 bridgehead atoms. The topological polar surface area (TPSA) is 49.4 Å². The number of carbonyl (C=O) groups is 2. The first-order chi connectivity index (χ1) is 16.0. The van der Waals surface area contributed by atoms with Crippen LogP contribution in [0.3, 0.4) is 0 Å². The van der Waals surface area contributed by atoms with Gasteiger partial charge >= 0.3 is 0 Å². The Bertz CT molecular complexity index is 1060. The van der Waals surface area contributed by atoms with Crippen molar-refractivity contribution in [1.29, 1.82) is 0 Å². The van der Waals surface area contributed by atoms with Crippen molar-refractivity contribution >= 4 is 23.6 Å². The van der Waals surface area contributed by atoms with E-state index in [1.807, 2.05) is 61.5 Å². The fraction of sp³-hybridized carbons (Fsp3) is 0.259. The van der Waals surface area contributed by atoms with Gasteiger partial charge in [0.15, 0.2) is 0 Å². The molecule has 0 heterocycles. The van der Waals surface area contributed by atoms with Gasteiger partial charge in [-0.2, -0.15) is 0 Å². The summed E-state index contributed by atoms with van der Waals surface area (Å²) in [5.74, 6) is 0.0259. The molecule has 0 saturated heterocycles. The van der Waals surface area contributed by atoms with Gasteiger partial charge in [0, 0.05) is 31.3 Å². The maximum Gasteiger partial charge on any atom is 0.242 e. The average Bonchev–Trinajstić information content (AvgIpc) is 2.83. The number of nitrogens with zero attached hydrogens (tertiary/aromatic N) is 1. The third-order valence-electron chi connectivity index (χ3n) is 5.43. The molecule has 6 heteroatoms. The highest BCUT2D eigenvalue weighted by Gasteiger charge is 2.30. The lowest BCUT2D eigenvalue weighted by Gasteiger charge is -2.31. The molecule has 3 aromatic carbocycles. The van der Waals surface area contributed by atoms with Gasteiger partial charge in [0.05, 0.1) is 5.75 Å². The molecule has 0 saturated carbocycles. The van der Waals surface area contributed by atoms with Gasteiger partial charge in [0.1, 0.15) is 11.9 Å². The second-order valence-corrected chi connectivity index (χ2v) is 8.90. The molecule has 0 fully saturated rings. The highest BCUT2D eigenvalue weighted by molar-refractivity contribution is 7.99. The van der Waals surface area contributed by atoms with E-state index in [1.165, 1.54) is 28.3 Å². The van der Waals surface area contributed by atoms with Crippen molar-refractivity contribution in [3.8, 4) is 0 Å². The second kappa shape index (κ2) is 12.2. The van der Waals surface area contributed by atoms with Crippen LogP contribution in [0.25, 0.3) is 0 Å². The van der Waals surface area contributed by atoms with Crippen LogP contribution in [0.15, 0.2) is 78.9 Å². The van der Waals surface area contributed by atoms with Crippen LogP contribution >= 0.6 is 11.8 Å². The zero-order valence-electron chi connectivity index (χ0n) is 19.0. The van der Waals surface area contributed by atoms with Gasteiger partial charge in [-0.05, 0) is 24.1 Å². The van der Waals surface area contributed by atoms with Crippen molar-refractivity contribution in [2.45, 2.75) is 31.7 Å². The van der Waals surface area contributed by atoms with Gasteiger partial charge < -0.3 is 10.2 Å². The third kappa shape index (κ3) is 7.19. The maximum absolute atomic E-state index is 14.4. The van der Waals surface area contributed by atoms with E-state index < -0.39 is 11.9 Å². The van der Waals surface area contributed by atoms with Gasteiger partial charge in [0.2, 0.25) is 11.8 Å². The van der Waals surface area contributed by atoms with Crippen molar-refractivity contribution in [2.75, 3.05) is 12.8 Å². The molecular formula is C27H29FN2O2S. The van der Waals surface area contributed by atoms with E-state index in [4.69, 9.17) is 0 Å². The van der Waals surface area contributed by atoms with Crippen LogP contribution in [-0.2, 0) is 28.3 Å². The van der Waals surface area contributed by atoms with Gasteiger partial charge in [-0.1, -0.05) is 78.4 Å². The second-order valence-electron chi connectivity index (χ2n) is 7.91. The number of aryl methyl sites for hydroxylation is 1. The fourth-order valence-electron chi connectivity index (χ4n) is 3.55. The number of amides is 2. The quantitative estimate of drug-likeness (QED) is 0.471. The number of benzene rings is 3. The SMILES string of the molecule is CNC(=O)C(Cc1ccccc1)N(Cc1ccccc1F)C(=O)CSCc1ccc(C)cc1. The van der Waals surface area contributed by atoms with E-state index in [0.717, 1.165) is 11.1 Å². The Morgan fingerprint density at radius 2 is 1.61 bits per heavy atom. The molecule has 33 heavy (non-hydrogen) atoms. The standard InChI is InChI=1S/C27H29FN2O2S/c1-20-12-14-22(15-13-20)18-33-19-26(31)30(17-23-10-6-7-11-24(23)28)25(27(32)29-2)16-21-8-4-3-5-9-21/h3-15,25H,16-19H2,1-2H3,(H,29,32). The Kier molecular flexibility index (Phi) is 9.07. The van der Waals surface area contributed by atoms with Crippen LogP contribution in [0.5, 0.6) is 0 Å². The van der Waals surface area contributed by atoms with E-state index in [2.05, 4.69) is 5.32 Å². The van der Waals surface area contributed by atoms with E-state index in [9.17, 15) is 14.0 Å². The summed E-state index contributed by atoms with van der Waals surface area (Å²) >= 11 is 1.49. The minimum atomic E-state index is -0.746. The molecule has 0 aliphatic rings. The Morgan fingerprint density at radius 1 is 0.939 bits per heavy atom. The summed E-state index contributed by atoms with van der Waals surface area (Å²) in [6.45, 7) is 2.06. The molecule has 1 atom stereocenters. The number of hydrogen-bond donors (Lipinski definition) is 1. The van der Waals surface area contributed by atoms with Gasteiger partial charge in [-0.3, -0.25) is 9.59 Å². The summed E-state index contributed by atoms with van der Waals surface area (Å²) in [6, 6.07) is 23.4. The molecule has 2 amide bonds. The number of rotatable bonds is 10. The van der Waals surface area contributed by atoms with Crippen LogP contribution in [0.1, 0.15) is 22.3 Å². The highest BCUT2D eigenvalue weighted by atomic mass is 32.2. The number of carbonyl (C=O) groups excluding carboxylic acids is 2. The normalized spacial score (nSPS) is 11.6. The molecule has 4 nitrogen and oxygen atoms in total. The maximum atomic E-state index is 14.4. The average molecular weight is 465 g/mol. The summed E-state index contributed by atoms with van der Waals surface area (Å²) in [6.07, 6.45) is 0.351.